The van der Waals surface area contributed by atoms with Gasteiger partial charge in [0.15, 0.2) is 0 Å². The van der Waals surface area contributed by atoms with Gasteiger partial charge in [0.05, 0.1) is 0 Å². The third-order valence-electron chi connectivity index (χ3n) is 2.56. The smallest absolute Gasteiger partial charge is 0.0384 e. The molecule has 2 fully saturated rings. The first-order chi connectivity index (χ1) is 4.27. The maximum atomic E-state index is 5.69. The van der Waals surface area contributed by atoms with Crippen molar-refractivity contribution in [1.82, 2.24) is 9.91 Å². The molecule has 0 aromatic heterocycles. The third kappa shape index (κ3) is 0.689. The van der Waals surface area contributed by atoms with Crippen molar-refractivity contribution < 1.29 is 0 Å². The molecular formula is C6H13N3. The molecule has 52 valence electrons. The zero-order valence-electron chi connectivity index (χ0n) is 5.75. The van der Waals surface area contributed by atoms with E-state index in [0.717, 1.165) is 12.6 Å². The molecule has 2 saturated heterocycles. The van der Waals surface area contributed by atoms with E-state index in [4.69, 9.17) is 5.84 Å². The zero-order valence-corrected chi connectivity index (χ0v) is 5.75. The fourth-order valence-electron chi connectivity index (χ4n) is 1.90. The van der Waals surface area contributed by atoms with Crippen molar-refractivity contribution in [2.45, 2.75) is 18.5 Å². The minimum absolute atomic E-state index is 0.653. The van der Waals surface area contributed by atoms with Crippen molar-refractivity contribution in [2.75, 3.05) is 20.1 Å². The standard InChI is InChI=1S/C6H13N3/c1-8-3-6-2-5(8)4-9(6)7/h5-6H,2-4,7H2,1H3. The van der Waals surface area contributed by atoms with E-state index in [0.29, 0.717) is 6.04 Å². The van der Waals surface area contributed by atoms with Gasteiger partial charge in [-0.3, -0.25) is 5.84 Å². The average Bonchev–Trinajstić information content (AvgIpc) is 2.24. The number of likely N-dealkylation sites (N-methyl/N-ethyl adjacent to an activating group) is 1. The summed E-state index contributed by atoms with van der Waals surface area (Å²) in [6.07, 6.45) is 1.28. The fraction of sp³-hybridized carbons (Fsp3) is 1.00. The van der Waals surface area contributed by atoms with Crippen LogP contribution >= 0.6 is 0 Å². The highest BCUT2D eigenvalue weighted by atomic mass is 15.5. The van der Waals surface area contributed by atoms with Gasteiger partial charge in [0, 0.05) is 25.2 Å². The normalized spacial score (nSPS) is 44.7. The minimum atomic E-state index is 0.653. The summed E-state index contributed by atoms with van der Waals surface area (Å²) >= 11 is 0. The van der Waals surface area contributed by atoms with Gasteiger partial charge >= 0.3 is 0 Å². The fourth-order valence-corrected chi connectivity index (χ4v) is 1.90. The van der Waals surface area contributed by atoms with Crippen LogP contribution in [-0.4, -0.2) is 42.1 Å². The summed E-state index contributed by atoms with van der Waals surface area (Å²) in [6, 6.07) is 1.40. The second-order valence-corrected chi connectivity index (χ2v) is 3.18. The molecule has 3 nitrogen and oxygen atoms in total. The molecule has 2 unspecified atom stereocenters. The third-order valence-corrected chi connectivity index (χ3v) is 2.56. The summed E-state index contributed by atoms with van der Waals surface area (Å²) in [5, 5.41) is 1.98. The van der Waals surface area contributed by atoms with Gasteiger partial charge in [-0.15, -0.1) is 0 Å². The summed E-state index contributed by atoms with van der Waals surface area (Å²) in [5.74, 6) is 5.69. The molecule has 0 radical (unpaired) electrons. The molecule has 0 saturated carbocycles. The Morgan fingerprint density at radius 3 is 2.44 bits per heavy atom. The van der Waals surface area contributed by atoms with Gasteiger partial charge in [0.25, 0.3) is 0 Å². The minimum Gasteiger partial charge on any atom is -0.300 e. The van der Waals surface area contributed by atoms with Gasteiger partial charge in [0.1, 0.15) is 0 Å². The van der Waals surface area contributed by atoms with Crippen LogP contribution in [0.25, 0.3) is 0 Å². The lowest BCUT2D eigenvalue weighted by Crippen LogP contribution is -2.47. The van der Waals surface area contributed by atoms with Crippen LogP contribution in [0.5, 0.6) is 0 Å². The SMILES string of the molecule is CN1CC2CC1CN2N. The van der Waals surface area contributed by atoms with Gasteiger partial charge in [-0.1, -0.05) is 0 Å². The molecule has 0 aromatic carbocycles. The van der Waals surface area contributed by atoms with Crippen LogP contribution in [0.15, 0.2) is 0 Å². The van der Waals surface area contributed by atoms with Crippen LogP contribution in [0.1, 0.15) is 6.42 Å². The molecule has 3 heteroatoms. The molecule has 2 bridgehead atoms. The number of nitrogens with zero attached hydrogens (tertiary/aromatic N) is 2. The Morgan fingerprint density at radius 1 is 1.33 bits per heavy atom. The molecule has 0 aliphatic carbocycles. The number of likely N-dealkylation sites (tertiary alicyclic amines) is 1. The number of fused-ring (bicyclic) bond motifs is 2. The molecule has 2 N–H and O–H groups in total. The second kappa shape index (κ2) is 1.68. The monoisotopic (exact) mass is 127 g/mol. The lowest BCUT2D eigenvalue weighted by Gasteiger charge is -2.27. The van der Waals surface area contributed by atoms with Crippen LogP contribution in [-0.2, 0) is 0 Å². The van der Waals surface area contributed by atoms with E-state index in [9.17, 15) is 0 Å². The molecule has 2 aliphatic heterocycles. The summed E-state index contributed by atoms with van der Waals surface area (Å²) in [4.78, 5) is 2.40. The summed E-state index contributed by atoms with van der Waals surface area (Å²) in [7, 11) is 2.18. The van der Waals surface area contributed by atoms with Gasteiger partial charge in [-0.25, -0.2) is 5.01 Å². The number of nitrogens with two attached hydrogens (primary N) is 1. The zero-order chi connectivity index (χ0) is 6.43. The van der Waals surface area contributed by atoms with Crippen LogP contribution in [0.2, 0.25) is 0 Å². The van der Waals surface area contributed by atoms with Crippen LogP contribution in [0.3, 0.4) is 0 Å². The quantitative estimate of drug-likeness (QED) is 0.434. The largest absolute Gasteiger partial charge is 0.300 e. The van der Waals surface area contributed by atoms with Crippen LogP contribution in [0, 0.1) is 0 Å². The molecule has 2 heterocycles. The van der Waals surface area contributed by atoms with Crippen molar-refractivity contribution in [3.8, 4) is 0 Å². The van der Waals surface area contributed by atoms with Crippen molar-refractivity contribution >= 4 is 0 Å². The highest BCUT2D eigenvalue weighted by Crippen LogP contribution is 2.25. The van der Waals surface area contributed by atoms with Gasteiger partial charge in [-0.2, -0.15) is 0 Å². The van der Waals surface area contributed by atoms with Crippen LogP contribution < -0.4 is 5.84 Å². The summed E-state index contributed by atoms with van der Waals surface area (Å²) < 4.78 is 0. The van der Waals surface area contributed by atoms with E-state index >= 15 is 0 Å². The molecule has 2 atom stereocenters. The first-order valence-electron chi connectivity index (χ1n) is 3.49. The Morgan fingerprint density at radius 2 is 2.11 bits per heavy atom. The van der Waals surface area contributed by atoms with E-state index in [1.54, 1.807) is 0 Å². The Balaban J connectivity index is 2.10. The van der Waals surface area contributed by atoms with E-state index in [1.165, 1.54) is 13.0 Å². The predicted molar refractivity (Wildman–Crippen MR) is 35.7 cm³/mol. The van der Waals surface area contributed by atoms with Gasteiger partial charge in [0.2, 0.25) is 0 Å². The molecule has 2 aliphatic rings. The van der Waals surface area contributed by atoms with Crippen molar-refractivity contribution in [2.24, 2.45) is 5.84 Å². The lowest BCUT2D eigenvalue weighted by atomic mass is 10.2. The first-order valence-corrected chi connectivity index (χ1v) is 3.49. The molecule has 0 aromatic rings. The number of hydrogen-bond acceptors (Lipinski definition) is 3. The van der Waals surface area contributed by atoms with Gasteiger partial charge in [-0.05, 0) is 13.5 Å². The Labute approximate surface area is 55.4 Å². The first kappa shape index (κ1) is 5.65. The van der Waals surface area contributed by atoms with Crippen LogP contribution in [0.4, 0.5) is 0 Å². The number of piperazine rings is 1. The van der Waals surface area contributed by atoms with Gasteiger partial charge < -0.3 is 4.90 Å². The molecule has 0 amide bonds. The Kier molecular flexibility index (Phi) is 1.06. The summed E-state index contributed by atoms with van der Waals surface area (Å²) in [6.45, 7) is 2.24. The van der Waals surface area contributed by atoms with Crippen molar-refractivity contribution in [3.05, 3.63) is 0 Å². The van der Waals surface area contributed by atoms with E-state index < -0.39 is 0 Å². The number of rotatable bonds is 0. The molecule has 0 spiro atoms. The lowest BCUT2D eigenvalue weighted by molar-refractivity contribution is 0.151. The molecule has 2 rings (SSSR count). The maximum Gasteiger partial charge on any atom is 0.0384 e. The van der Waals surface area contributed by atoms with Crippen molar-refractivity contribution in [3.63, 3.8) is 0 Å². The highest BCUT2D eigenvalue weighted by molar-refractivity contribution is 4.95. The van der Waals surface area contributed by atoms with E-state index in [2.05, 4.69) is 11.9 Å². The Hall–Kier alpha value is -0.120. The van der Waals surface area contributed by atoms with E-state index in [1.807, 2.05) is 5.01 Å². The molecular weight excluding hydrogens is 114 g/mol. The second-order valence-electron chi connectivity index (χ2n) is 3.18. The van der Waals surface area contributed by atoms with Crippen molar-refractivity contribution in [1.29, 1.82) is 0 Å². The average molecular weight is 127 g/mol. The maximum absolute atomic E-state index is 5.69. The Bertz CT molecular complexity index is 107. The highest BCUT2D eigenvalue weighted by Gasteiger charge is 2.39. The topological polar surface area (TPSA) is 32.5 Å². The summed E-state index contributed by atoms with van der Waals surface area (Å²) in [5.41, 5.74) is 0. The van der Waals surface area contributed by atoms with E-state index in [-0.39, 0.29) is 0 Å². The number of hydrazine groups is 1. The number of hydrogen-bond donors (Lipinski definition) is 1. The molecule has 9 heavy (non-hydrogen) atoms. The predicted octanol–water partition coefficient (Wildman–Crippen LogP) is -0.752.